The number of benzene rings is 2. The number of carbonyl (C=O) groups is 2. The smallest absolute Gasteiger partial charge is 0.245 e. The van der Waals surface area contributed by atoms with Crippen molar-refractivity contribution >= 4 is 23.3 Å². The molecule has 0 spiro atoms. The van der Waals surface area contributed by atoms with Gasteiger partial charge in [0.2, 0.25) is 0 Å². The van der Waals surface area contributed by atoms with E-state index in [4.69, 9.17) is 0 Å². The van der Waals surface area contributed by atoms with E-state index >= 15 is 0 Å². The Hall–Kier alpha value is -3.27. The molecule has 0 radical (unpaired) electrons. The highest BCUT2D eigenvalue weighted by Gasteiger charge is 2.48. The predicted molar refractivity (Wildman–Crippen MR) is 111 cm³/mol. The lowest BCUT2D eigenvalue weighted by molar-refractivity contribution is -0.445. The number of imide groups is 1. The first-order chi connectivity index (χ1) is 13.5. The Morgan fingerprint density at radius 3 is 2.39 bits per heavy atom. The number of rotatable bonds is 3. The quantitative estimate of drug-likeness (QED) is 0.747. The first-order valence-corrected chi connectivity index (χ1v) is 9.45. The predicted octanol–water partition coefficient (Wildman–Crippen LogP) is 4.47. The molecular formula is C24H23N2O2+. The van der Waals surface area contributed by atoms with Gasteiger partial charge in [0.15, 0.2) is 0 Å². The van der Waals surface area contributed by atoms with Gasteiger partial charge in [-0.3, -0.25) is 0 Å². The van der Waals surface area contributed by atoms with Crippen LogP contribution in [0.25, 0.3) is 0 Å². The van der Waals surface area contributed by atoms with Gasteiger partial charge in [-0.2, -0.15) is 9.37 Å². The van der Waals surface area contributed by atoms with Crippen LogP contribution < -0.4 is 4.90 Å². The second kappa shape index (κ2) is 7.04. The largest absolute Gasteiger partial charge is 0.506 e. The van der Waals surface area contributed by atoms with Gasteiger partial charge < -0.3 is 0 Å². The van der Waals surface area contributed by atoms with Gasteiger partial charge in [0, 0.05) is 0 Å². The minimum absolute atomic E-state index is 0.202. The first kappa shape index (κ1) is 18.1. The van der Waals surface area contributed by atoms with Crippen molar-refractivity contribution in [2.75, 3.05) is 4.90 Å². The number of anilines is 1. The second-order valence-electron chi connectivity index (χ2n) is 7.46. The van der Waals surface area contributed by atoms with Crippen LogP contribution in [0.15, 0.2) is 66.8 Å². The SMILES string of the molecule is Cc1cc(C)cc(N2C(=O)C3C=CC=CC3=[N+](Cc3ccccc3C)C2=O)c1. The zero-order valence-electron chi connectivity index (χ0n) is 16.3. The van der Waals surface area contributed by atoms with E-state index in [1.807, 2.05) is 87.5 Å². The molecule has 2 aromatic carbocycles. The van der Waals surface area contributed by atoms with E-state index in [1.165, 1.54) is 4.90 Å². The van der Waals surface area contributed by atoms with Crippen LogP contribution in [-0.4, -0.2) is 22.2 Å². The summed E-state index contributed by atoms with van der Waals surface area (Å²) in [5, 5.41) is 0. The molecule has 0 fully saturated rings. The maximum absolute atomic E-state index is 13.5. The van der Waals surface area contributed by atoms with Crippen LogP contribution in [0.3, 0.4) is 0 Å². The molecule has 140 valence electrons. The van der Waals surface area contributed by atoms with Gasteiger partial charge in [-0.25, -0.2) is 4.79 Å². The molecular weight excluding hydrogens is 348 g/mol. The molecule has 4 nitrogen and oxygen atoms in total. The summed E-state index contributed by atoms with van der Waals surface area (Å²) in [7, 11) is 0. The van der Waals surface area contributed by atoms with Crippen molar-refractivity contribution in [2.24, 2.45) is 5.92 Å². The Balaban J connectivity index is 1.84. The van der Waals surface area contributed by atoms with E-state index in [2.05, 4.69) is 0 Å². The second-order valence-corrected chi connectivity index (χ2v) is 7.46. The topological polar surface area (TPSA) is 40.4 Å². The van der Waals surface area contributed by atoms with Crippen molar-refractivity contribution in [1.29, 1.82) is 0 Å². The Morgan fingerprint density at radius 2 is 1.68 bits per heavy atom. The third-order valence-corrected chi connectivity index (χ3v) is 5.27. The molecule has 0 bridgehead atoms. The number of hydrogen-bond acceptors (Lipinski definition) is 2. The first-order valence-electron chi connectivity index (χ1n) is 9.45. The molecule has 0 saturated carbocycles. The van der Waals surface area contributed by atoms with Crippen molar-refractivity contribution in [3.05, 3.63) is 89.0 Å². The molecule has 0 aromatic heterocycles. The van der Waals surface area contributed by atoms with Gasteiger partial charge in [0.05, 0.1) is 0 Å². The summed E-state index contributed by atoms with van der Waals surface area (Å²) in [6.45, 7) is 6.42. The van der Waals surface area contributed by atoms with Crippen molar-refractivity contribution in [2.45, 2.75) is 27.3 Å². The molecule has 1 unspecified atom stereocenters. The summed E-state index contributed by atoms with van der Waals surface area (Å²) >= 11 is 0. The van der Waals surface area contributed by atoms with E-state index in [0.717, 1.165) is 28.0 Å². The third kappa shape index (κ3) is 3.11. The van der Waals surface area contributed by atoms with Crippen LogP contribution in [0.4, 0.5) is 10.5 Å². The highest BCUT2D eigenvalue weighted by Crippen LogP contribution is 2.28. The van der Waals surface area contributed by atoms with Crippen molar-refractivity contribution in [1.82, 2.24) is 0 Å². The Bertz CT molecular complexity index is 1060. The van der Waals surface area contributed by atoms with Gasteiger partial charge in [0.1, 0.15) is 23.9 Å². The zero-order chi connectivity index (χ0) is 19.8. The van der Waals surface area contributed by atoms with Crippen LogP contribution in [0.5, 0.6) is 0 Å². The van der Waals surface area contributed by atoms with Crippen molar-refractivity contribution < 1.29 is 14.2 Å². The summed E-state index contributed by atoms with van der Waals surface area (Å²) < 4.78 is 1.73. The maximum atomic E-state index is 13.5. The minimum atomic E-state index is -0.451. The zero-order valence-corrected chi connectivity index (χ0v) is 16.3. The number of carbonyl (C=O) groups excluding carboxylic acids is 2. The van der Waals surface area contributed by atoms with Crippen LogP contribution in [0.1, 0.15) is 22.3 Å². The van der Waals surface area contributed by atoms with E-state index < -0.39 is 5.92 Å². The van der Waals surface area contributed by atoms with Gasteiger partial charge in [-0.15, -0.1) is 4.90 Å². The standard InChI is InChI=1S/C24H23N2O2/c1-16-12-17(2)14-20(13-16)26-23(27)21-10-6-7-11-22(21)25(24(26)28)15-19-9-5-4-8-18(19)3/h4-14,21H,15H2,1-3H3/q+1. The van der Waals surface area contributed by atoms with E-state index in [9.17, 15) is 9.59 Å². The van der Waals surface area contributed by atoms with Crippen molar-refractivity contribution in [3.63, 3.8) is 0 Å². The Morgan fingerprint density at radius 1 is 0.964 bits per heavy atom. The fraction of sp³-hybridized carbons (Fsp3) is 0.208. The van der Waals surface area contributed by atoms with Crippen LogP contribution >= 0.6 is 0 Å². The fourth-order valence-electron chi connectivity index (χ4n) is 3.90. The Labute approximate surface area is 165 Å². The number of allylic oxidation sites excluding steroid dienone is 3. The van der Waals surface area contributed by atoms with Gasteiger partial charge in [-0.1, -0.05) is 48.6 Å². The highest BCUT2D eigenvalue weighted by molar-refractivity contribution is 6.25. The molecule has 4 heteroatoms. The molecule has 1 aliphatic heterocycles. The molecule has 1 aliphatic carbocycles. The molecule has 0 N–H and O–H groups in total. The van der Waals surface area contributed by atoms with Gasteiger partial charge in [-0.05, 0) is 61.2 Å². The van der Waals surface area contributed by atoms with Crippen LogP contribution in [0.2, 0.25) is 0 Å². The minimum Gasteiger partial charge on any atom is -0.245 e. The van der Waals surface area contributed by atoms with Crippen LogP contribution in [0, 0.1) is 26.7 Å². The maximum Gasteiger partial charge on any atom is 0.506 e. The number of fused-ring (bicyclic) bond motifs is 1. The number of urea groups is 1. The van der Waals surface area contributed by atoms with E-state index in [-0.39, 0.29) is 11.9 Å². The molecule has 3 amide bonds. The van der Waals surface area contributed by atoms with Gasteiger partial charge in [0.25, 0.3) is 0 Å². The van der Waals surface area contributed by atoms with E-state index in [0.29, 0.717) is 12.2 Å². The lowest BCUT2D eigenvalue weighted by atomic mass is 9.93. The van der Waals surface area contributed by atoms with Crippen molar-refractivity contribution in [3.8, 4) is 0 Å². The molecule has 2 aliphatic rings. The lowest BCUT2D eigenvalue weighted by Gasteiger charge is -2.27. The number of nitrogens with zero attached hydrogens (tertiary/aromatic N) is 2. The Kier molecular flexibility index (Phi) is 4.55. The highest BCUT2D eigenvalue weighted by atomic mass is 16.2. The monoisotopic (exact) mass is 371 g/mol. The summed E-state index contributed by atoms with van der Waals surface area (Å²) in [6, 6.07) is 13.5. The average Bonchev–Trinajstić information content (AvgIpc) is 2.66. The summed E-state index contributed by atoms with van der Waals surface area (Å²) in [4.78, 5) is 28.0. The summed E-state index contributed by atoms with van der Waals surface area (Å²) in [5.74, 6) is -0.654. The fourth-order valence-corrected chi connectivity index (χ4v) is 3.90. The molecule has 4 rings (SSSR count). The molecule has 1 atom stereocenters. The van der Waals surface area contributed by atoms with E-state index in [1.54, 1.807) is 4.58 Å². The number of aryl methyl sites for hydroxylation is 3. The lowest BCUT2D eigenvalue weighted by Crippen LogP contribution is -2.54. The summed E-state index contributed by atoms with van der Waals surface area (Å²) in [6.07, 6.45) is 7.49. The third-order valence-electron chi connectivity index (χ3n) is 5.27. The molecule has 28 heavy (non-hydrogen) atoms. The normalized spacial score (nSPS) is 18.7. The number of amides is 3. The molecule has 0 saturated heterocycles. The number of hydrogen-bond donors (Lipinski definition) is 0. The van der Waals surface area contributed by atoms with Gasteiger partial charge >= 0.3 is 11.9 Å². The molecule has 2 aromatic rings. The van der Waals surface area contributed by atoms with Crippen LogP contribution in [-0.2, 0) is 11.3 Å². The summed E-state index contributed by atoms with van der Waals surface area (Å²) in [5.41, 5.74) is 5.60. The molecule has 1 heterocycles. The average molecular weight is 371 g/mol.